The lowest BCUT2D eigenvalue weighted by Gasteiger charge is -2.07. The van der Waals surface area contributed by atoms with Crippen molar-refractivity contribution >= 4 is 23.6 Å². The molecule has 0 N–H and O–H groups in total. The van der Waals surface area contributed by atoms with Gasteiger partial charge in [-0.2, -0.15) is 0 Å². The van der Waals surface area contributed by atoms with Crippen LogP contribution in [-0.4, -0.2) is 47.5 Å². The lowest BCUT2D eigenvalue weighted by Crippen LogP contribution is -2.24. The fraction of sp³-hybridized carbons (Fsp3) is 0.111. The van der Waals surface area contributed by atoms with E-state index >= 15 is 0 Å². The summed E-state index contributed by atoms with van der Waals surface area (Å²) in [5.41, 5.74) is -1.77. The number of hydrogen-bond donors (Lipinski definition) is 0. The van der Waals surface area contributed by atoms with Gasteiger partial charge in [0.1, 0.15) is 11.5 Å². The van der Waals surface area contributed by atoms with Crippen LogP contribution in [0.1, 0.15) is 49.7 Å². The summed E-state index contributed by atoms with van der Waals surface area (Å²) in [6, 6.07) is -4.26. The van der Waals surface area contributed by atoms with E-state index in [2.05, 4.69) is 0 Å². The molecular formula is C18H12N2O5. The number of hydrogen-bond acceptors (Lipinski definition) is 5. The van der Waals surface area contributed by atoms with E-state index < -0.39 is 93.6 Å². The second-order valence-corrected chi connectivity index (χ2v) is 5.35. The fourth-order valence-electron chi connectivity index (χ4n) is 2.48. The molecule has 2 aromatic carbocycles. The van der Waals surface area contributed by atoms with E-state index in [-0.39, 0.29) is 0 Å². The molecule has 2 aromatic rings. The highest BCUT2D eigenvalue weighted by atomic mass is 16.5. The molecule has 0 saturated heterocycles. The van der Waals surface area contributed by atoms with Crippen LogP contribution in [0, 0.1) is 0 Å². The zero-order valence-corrected chi connectivity index (χ0v) is 12.9. The largest absolute Gasteiger partial charge is 0.457 e. The summed E-state index contributed by atoms with van der Waals surface area (Å²) >= 11 is 0. The van der Waals surface area contributed by atoms with Crippen molar-refractivity contribution in [1.82, 2.24) is 9.80 Å². The molecule has 0 saturated carbocycles. The smallest absolute Gasteiger partial charge is 0.261 e. The van der Waals surface area contributed by atoms with Crippen molar-refractivity contribution in [2.45, 2.75) is 0 Å². The minimum Gasteiger partial charge on any atom is -0.457 e. The Bertz CT molecular complexity index is 1190. The standard InChI is InChI=1S/C18H12N2O5/c1-19-15(21)11-5-3-9(7-13(11)17(19)23)25-10-4-6-12-14(8-10)18(24)20(2)16(12)22/h3-8H,1-2H3/i3D,4D,5D,6D,7D,8D. The minimum atomic E-state index is -0.877. The Kier molecular flexibility index (Phi) is 1.95. The third-order valence-corrected chi connectivity index (χ3v) is 3.86. The first-order valence-electron chi connectivity index (χ1n) is 10.0. The summed E-state index contributed by atoms with van der Waals surface area (Å²) < 4.78 is 54.2. The number of amides is 4. The summed E-state index contributed by atoms with van der Waals surface area (Å²) in [6.45, 7) is 0. The Morgan fingerprint density at radius 1 is 0.680 bits per heavy atom. The Hall–Kier alpha value is -3.48. The molecule has 0 aromatic heterocycles. The molecule has 0 spiro atoms. The number of nitrogens with zero attached hydrogens (tertiary/aromatic N) is 2. The minimum absolute atomic E-state index is 0.426. The first-order valence-corrected chi connectivity index (χ1v) is 7.01. The van der Waals surface area contributed by atoms with Gasteiger partial charge in [-0.25, -0.2) is 0 Å². The summed E-state index contributed by atoms with van der Waals surface area (Å²) in [5, 5.41) is 0. The zero-order valence-electron chi connectivity index (χ0n) is 18.9. The number of carbonyl (C=O) groups is 4. The van der Waals surface area contributed by atoms with E-state index in [0.29, 0.717) is 9.80 Å². The molecule has 4 amide bonds. The zero-order chi connectivity index (χ0) is 23.1. The van der Waals surface area contributed by atoms with Crippen LogP contribution in [0.5, 0.6) is 11.5 Å². The van der Waals surface area contributed by atoms with E-state index in [1.807, 2.05) is 0 Å². The number of fused-ring (bicyclic) bond motifs is 2. The summed E-state index contributed by atoms with van der Waals surface area (Å²) in [7, 11) is 2.31. The highest BCUT2D eigenvalue weighted by Crippen LogP contribution is 2.31. The highest BCUT2D eigenvalue weighted by Gasteiger charge is 2.34. The Labute approximate surface area is 150 Å². The number of rotatable bonds is 2. The Balaban J connectivity index is 1.96. The van der Waals surface area contributed by atoms with Gasteiger partial charge in [-0.3, -0.25) is 29.0 Å². The van der Waals surface area contributed by atoms with Crippen molar-refractivity contribution in [2.24, 2.45) is 0 Å². The third kappa shape index (κ3) is 2.06. The summed E-state index contributed by atoms with van der Waals surface area (Å²) in [5.74, 6) is -4.83. The van der Waals surface area contributed by atoms with Crippen LogP contribution >= 0.6 is 0 Å². The maximum atomic E-state index is 12.3. The van der Waals surface area contributed by atoms with Gasteiger partial charge in [0, 0.05) is 14.1 Å². The predicted octanol–water partition coefficient (Wildman–Crippen LogP) is 1.93. The molecule has 2 aliphatic rings. The molecule has 2 heterocycles. The van der Waals surface area contributed by atoms with Crippen molar-refractivity contribution in [3.05, 3.63) is 58.5 Å². The number of carbonyl (C=O) groups excluding carboxylic acids is 4. The van der Waals surface area contributed by atoms with Crippen molar-refractivity contribution in [1.29, 1.82) is 0 Å². The van der Waals surface area contributed by atoms with E-state index in [9.17, 15) is 19.2 Å². The van der Waals surface area contributed by atoms with Gasteiger partial charge in [0.25, 0.3) is 23.6 Å². The topological polar surface area (TPSA) is 84.0 Å². The van der Waals surface area contributed by atoms with Crippen molar-refractivity contribution in [3.8, 4) is 11.5 Å². The molecule has 0 atom stereocenters. The molecule has 4 rings (SSSR count). The summed E-state index contributed by atoms with van der Waals surface area (Å²) in [6.07, 6.45) is 0. The van der Waals surface area contributed by atoms with Crippen LogP contribution in [0.3, 0.4) is 0 Å². The van der Waals surface area contributed by atoms with E-state index in [0.717, 1.165) is 14.1 Å². The van der Waals surface area contributed by atoms with Gasteiger partial charge in [0.2, 0.25) is 0 Å². The van der Waals surface area contributed by atoms with Gasteiger partial charge in [-0.05, 0) is 36.3 Å². The summed E-state index contributed by atoms with van der Waals surface area (Å²) in [4.78, 5) is 50.5. The van der Waals surface area contributed by atoms with Crippen LogP contribution in [0.4, 0.5) is 0 Å². The van der Waals surface area contributed by atoms with Crippen LogP contribution in [0.2, 0.25) is 0 Å². The molecule has 0 bridgehead atoms. The molecular weight excluding hydrogens is 324 g/mol. The first kappa shape index (κ1) is 9.73. The van der Waals surface area contributed by atoms with Crippen LogP contribution in [0.25, 0.3) is 0 Å². The molecule has 2 aliphatic heterocycles. The molecule has 0 fully saturated rings. The lowest BCUT2D eigenvalue weighted by atomic mass is 10.1. The van der Waals surface area contributed by atoms with Gasteiger partial charge in [-0.1, -0.05) is 0 Å². The molecule has 0 aliphatic carbocycles. The van der Waals surface area contributed by atoms with Crippen LogP contribution < -0.4 is 4.74 Å². The highest BCUT2D eigenvalue weighted by molar-refractivity contribution is 6.22. The second kappa shape index (κ2) is 5.01. The molecule has 25 heavy (non-hydrogen) atoms. The van der Waals surface area contributed by atoms with E-state index in [4.69, 9.17) is 13.0 Å². The van der Waals surface area contributed by atoms with E-state index in [1.54, 1.807) is 0 Å². The second-order valence-electron chi connectivity index (χ2n) is 5.35. The predicted molar refractivity (Wildman–Crippen MR) is 85.8 cm³/mol. The SMILES string of the molecule is [2H]c1c([2H])c2c(c([2H])c1Oc1c([2H])c([2H])c3c(c1[2H])C(=O)N(C)C3=O)C(=O)N(C)C2=O. The number of ether oxygens (including phenoxy) is 1. The Morgan fingerprint density at radius 3 is 1.44 bits per heavy atom. The Morgan fingerprint density at radius 2 is 1.04 bits per heavy atom. The van der Waals surface area contributed by atoms with Crippen molar-refractivity contribution in [3.63, 3.8) is 0 Å². The van der Waals surface area contributed by atoms with E-state index in [1.165, 1.54) is 0 Å². The van der Waals surface area contributed by atoms with Crippen LogP contribution in [-0.2, 0) is 0 Å². The van der Waals surface area contributed by atoms with Gasteiger partial charge in [-0.15, -0.1) is 0 Å². The normalized spacial score (nSPS) is 19.1. The van der Waals surface area contributed by atoms with Crippen LogP contribution in [0.15, 0.2) is 36.3 Å². The van der Waals surface area contributed by atoms with Gasteiger partial charge < -0.3 is 4.74 Å². The molecule has 124 valence electrons. The maximum Gasteiger partial charge on any atom is 0.261 e. The molecule has 7 heteroatoms. The van der Waals surface area contributed by atoms with Crippen molar-refractivity contribution in [2.75, 3.05) is 14.1 Å². The fourth-order valence-corrected chi connectivity index (χ4v) is 2.48. The number of benzene rings is 2. The molecule has 0 radical (unpaired) electrons. The lowest BCUT2D eigenvalue weighted by molar-refractivity contribution is 0.0678. The first-order chi connectivity index (χ1) is 14.4. The van der Waals surface area contributed by atoms with Gasteiger partial charge >= 0.3 is 0 Å². The maximum absolute atomic E-state index is 12.3. The van der Waals surface area contributed by atoms with Gasteiger partial charge in [0.15, 0.2) is 0 Å². The van der Waals surface area contributed by atoms with Crippen molar-refractivity contribution < 1.29 is 32.1 Å². The third-order valence-electron chi connectivity index (χ3n) is 3.86. The van der Waals surface area contributed by atoms with Gasteiger partial charge in [0.05, 0.1) is 30.5 Å². The monoisotopic (exact) mass is 342 g/mol. The molecule has 7 nitrogen and oxygen atoms in total. The number of imide groups is 2. The molecule has 0 unspecified atom stereocenters. The average Bonchev–Trinajstić information content (AvgIpc) is 3.10. The average molecular weight is 342 g/mol. The quantitative estimate of drug-likeness (QED) is 0.779.